The summed E-state index contributed by atoms with van der Waals surface area (Å²) in [5, 5.41) is 2.10. The van der Waals surface area contributed by atoms with Crippen LogP contribution in [0.15, 0.2) is 108 Å². The Balaban J connectivity index is 1.45. The molecule has 2 heterocycles. The molecule has 0 aliphatic heterocycles. The van der Waals surface area contributed by atoms with Gasteiger partial charge in [0.25, 0.3) is 0 Å². The van der Waals surface area contributed by atoms with Crippen molar-refractivity contribution in [3.63, 3.8) is 0 Å². The van der Waals surface area contributed by atoms with E-state index in [9.17, 15) is 0 Å². The third-order valence-corrected chi connectivity index (χ3v) is 6.56. The van der Waals surface area contributed by atoms with Gasteiger partial charge in [0.05, 0.1) is 5.56 Å². The average Bonchev–Trinajstić information content (AvgIpc) is 3.27. The average molecular weight is 444 g/mol. The smallest absolute Gasteiger partial charge is 0.216 e. The number of hydrogen-bond acceptors (Lipinski definition) is 1. The standard InChI is InChI=1S/C32H26NO/c1-21-9-18-29(33(3)20-21)31-22(2)10-16-28-27-17-15-26(19-30(27)34-32(28)31)25-13-11-24(12-14-25)23-7-5-4-6-8-23/h4-20H,1-3H3/q+1/i1D3. The molecule has 2 aromatic heterocycles. The summed E-state index contributed by atoms with van der Waals surface area (Å²) in [6.45, 7) is -0.0915. The summed E-state index contributed by atoms with van der Waals surface area (Å²) >= 11 is 0. The summed E-state index contributed by atoms with van der Waals surface area (Å²) in [6, 6.07) is 33.1. The van der Waals surface area contributed by atoms with Crippen LogP contribution >= 0.6 is 0 Å². The third kappa shape index (κ3) is 3.39. The van der Waals surface area contributed by atoms with E-state index in [0.29, 0.717) is 5.56 Å². The van der Waals surface area contributed by atoms with E-state index in [0.717, 1.165) is 49.9 Å². The Morgan fingerprint density at radius 2 is 1.38 bits per heavy atom. The van der Waals surface area contributed by atoms with Crippen molar-refractivity contribution in [3.05, 3.63) is 114 Å². The van der Waals surface area contributed by atoms with E-state index in [-0.39, 0.29) is 0 Å². The number of aryl methyl sites for hydroxylation is 3. The van der Waals surface area contributed by atoms with Crippen molar-refractivity contribution in [2.75, 3.05) is 0 Å². The molecule has 6 rings (SSSR count). The molecular formula is C32H26NO+. The second-order valence-electron chi connectivity index (χ2n) is 8.80. The molecule has 0 N–H and O–H groups in total. The van der Waals surface area contributed by atoms with Crippen LogP contribution in [0.4, 0.5) is 0 Å². The second kappa shape index (κ2) is 8.00. The second-order valence-corrected chi connectivity index (χ2v) is 8.80. The molecule has 0 saturated carbocycles. The lowest BCUT2D eigenvalue weighted by Gasteiger charge is -2.05. The van der Waals surface area contributed by atoms with Crippen LogP contribution in [0.1, 0.15) is 15.2 Å². The maximum atomic E-state index is 7.74. The van der Waals surface area contributed by atoms with Gasteiger partial charge in [0.1, 0.15) is 18.2 Å². The van der Waals surface area contributed by atoms with Crippen molar-refractivity contribution < 1.29 is 13.1 Å². The summed E-state index contributed by atoms with van der Waals surface area (Å²) in [6.07, 6.45) is 1.68. The molecule has 6 aromatic rings. The molecule has 0 radical (unpaired) electrons. The highest BCUT2D eigenvalue weighted by Gasteiger charge is 2.20. The fourth-order valence-corrected chi connectivity index (χ4v) is 4.79. The highest BCUT2D eigenvalue weighted by atomic mass is 16.3. The van der Waals surface area contributed by atoms with Gasteiger partial charge in [0.15, 0.2) is 6.20 Å². The molecule has 2 nitrogen and oxygen atoms in total. The fraction of sp³-hybridized carbons (Fsp3) is 0.0938. The quantitative estimate of drug-likeness (QED) is 0.253. The van der Waals surface area contributed by atoms with Gasteiger partial charge in [-0.25, -0.2) is 4.57 Å². The number of aromatic nitrogens is 1. The highest BCUT2D eigenvalue weighted by molar-refractivity contribution is 6.10. The molecule has 0 bridgehead atoms. The van der Waals surface area contributed by atoms with Gasteiger partial charge in [-0.1, -0.05) is 72.8 Å². The first-order valence-electron chi connectivity index (χ1n) is 12.9. The highest BCUT2D eigenvalue weighted by Crippen LogP contribution is 2.38. The molecule has 164 valence electrons. The Morgan fingerprint density at radius 1 is 0.706 bits per heavy atom. The third-order valence-electron chi connectivity index (χ3n) is 6.56. The molecule has 2 heteroatoms. The summed E-state index contributed by atoms with van der Waals surface area (Å²) in [5.74, 6) is 0. The molecule has 0 aliphatic carbocycles. The summed E-state index contributed by atoms with van der Waals surface area (Å²) in [4.78, 5) is 0. The summed E-state index contributed by atoms with van der Waals surface area (Å²) in [7, 11) is 1.88. The van der Waals surface area contributed by atoms with Gasteiger partial charge in [0.2, 0.25) is 5.69 Å². The number of benzene rings is 4. The lowest BCUT2D eigenvalue weighted by atomic mass is 9.98. The van der Waals surface area contributed by atoms with E-state index in [4.69, 9.17) is 8.53 Å². The normalized spacial score (nSPS) is 13.1. The number of furan rings is 1. The van der Waals surface area contributed by atoms with E-state index in [1.165, 1.54) is 11.1 Å². The number of rotatable bonds is 3. The Morgan fingerprint density at radius 3 is 2.12 bits per heavy atom. The van der Waals surface area contributed by atoms with E-state index in [1.807, 2.05) is 23.7 Å². The van der Waals surface area contributed by atoms with Crippen LogP contribution in [0, 0.1) is 13.8 Å². The molecule has 0 atom stereocenters. The molecule has 4 aromatic carbocycles. The van der Waals surface area contributed by atoms with Crippen LogP contribution in [-0.4, -0.2) is 0 Å². The predicted molar refractivity (Wildman–Crippen MR) is 141 cm³/mol. The number of hydrogen-bond donors (Lipinski definition) is 0. The first-order valence-corrected chi connectivity index (χ1v) is 11.4. The van der Waals surface area contributed by atoms with Gasteiger partial charge in [0, 0.05) is 26.5 Å². The van der Waals surface area contributed by atoms with Crippen molar-refractivity contribution in [2.24, 2.45) is 7.05 Å². The Labute approximate surface area is 203 Å². The minimum Gasteiger partial charge on any atom is -0.455 e. The van der Waals surface area contributed by atoms with Crippen LogP contribution in [-0.2, 0) is 7.05 Å². The van der Waals surface area contributed by atoms with Gasteiger partial charge in [-0.15, -0.1) is 0 Å². The van der Waals surface area contributed by atoms with E-state index >= 15 is 0 Å². The largest absolute Gasteiger partial charge is 0.455 e. The van der Waals surface area contributed by atoms with Crippen molar-refractivity contribution in [1.82, 2.24) is 0 Å². The first-order chi connectivity index (χ1) is 17.8. The SMILES string of the molecule is [2H]C([2H])([2H])c1ccc(-c2c(C)ccc3c2oc2cc(-c4ccc(-c5ccccc5)cc4)ccc23)[n+](C)c1. The van der Waals surface area contributed by atoms with Crippen LogP contribution in [0.2, 0.25) is 0 Å². The topological polar surface area (TPSA) is 17.0 Å². The van der Waals surface area contributed by atoms with Gasteiger partial charge >= 0.3 is 0 Å². The lowest BCUT2D eigenvalue weighted by molar-refractivity contribution is -0.660. The Hall–Kier alpha value is -4.17. The summed E-state index contributed by atoms with van der Waals surface area (Å²) in [5.41, 5.74) is 9.51. The number of fused-ring (bicyclic) bond motifs is 3. The maximum absolute atomic E-state index is 7.74. The van der Waals surface area contributed by atoms with Crippen molar-refractivity contribution >= 4 is 21.9 Å². The molecule has 0 fully saturated rings. The van der Waals surface area contributed by atoms with Crippen LogP contribution in [0.3, 0.4) is 0 Å². The minimum absolute atomic E-state index is 0.316. The summed E-state index contributed by atoms with van der Waals surface area (Å²) < 4.78 is 31.6. The predicted octanol–water partition coefficient (Wildman–Crippen LogP) is 8.03. The van der Waals surface area contributed by atoms with E-state index < -0.39 is 6.85 Å². The minimum atomic E-state index is -2.15. The van der Waals surface area contributed by atoms with Gasteiger partial charge in [-0.2, -0.15) is 0 Å². The zero-order chi connectivity index (χ0) is 25.7. The molecule has 34 heavy (non-hydrogen) atoms. The monoisotopic (exact) mass is 443 g/mol. The molecular weight excluding hydrogens is 414 g/mol. The zero-order valence-electron chi connectivity index (χ0n) is 22.2. The number of pyridine rings is 1. The fourth-order valence-electron chi connectivity index (χ4n) is 4.79. The van der Waals surface area contributed by atoms with Gasteiger partial charge in [-0.05, 0) is 59.8 Å². The zero-order valence-corrected chi connectivity index (χ0v) is 19.2. The lowest BCUT2D eigenvalue weighted by Crippen LogP contribution is -2.31. The van der Waals surface area contributed by atoms with Crippen molar-refractivity contribution in [2.45, 2.75) is 13.8 Å². The Bertz CT molecular complexity index is 1760. The molecule has 0 aliphatic rings. The van der Waals surface area contributed by atoms with Crippen LogP contribution in [0.25, 0.3) is 55.4 Å². The van der Waals surface area contributed by atoms with Gasteiger partial charge in [-0.3, -0.25) is 0 Å². The molecule has 0 saturated heterocycles. The number of nitrogens with zero attached hydrogens (tertiary/aromatic N) is 1. The van der Waals surface area contributed by atoms with Crippen molar-refractivity contribution in [3.8, 4) is 33.5 Å². The molecule has 0 spiro atoms. The molecule has 0 amide bonds. The van der Waals surface area contributed by atoms with Crippen molar-refractivity contribution in [1.29, 1.82) is 0 Å². The van der Waals surface area contributed by atoms with Crippen LogP contribution < -0.4 is 4.57 Å². The van der Waals surface area contributed by atoms with Gasteiger partial charge < -0.3 is 4.42 Å². The first kappa shape index (κ1) is 17.3. The van der Waals surface area contributed by atoms with Crippen LogP contribution in [0.5, 0.6) is 0 Å². The van der Waals surface area contributed by atoms with E-state index in [1.54, 1.807) is 12.3 Å². The molecule has 0 unspecified atom stereocenters. The maximum Gasteiger partial charge on any atom is 0.216 e. The van der Waals surface area contributed by atoms with E-state index in [2.05, 4.69) is 85.8 Å². The Kier molecular flexibility index (Phi) is 4.08.